The summed E-state index contributed by atoms with van der Waals surface area (Å²) in [5, 5.41) is 7.91. The lowest BCUT2D eigenvalue weighted by Gasteiger charge is -2.04. The molecular weight excluding hydrogens is 256 g/mol. The first kappa shape index (κ1) is 10.7. The molecular formula is C12H10N8. The first-order valence-corrected chi connectivity index (χ1v) is 5.92. The number of imidazole rings is 1. The van der Waals surface area contributed by atoms with Crippen molar-refractivity contribution in [2.45, 2.75) is 0 Å². The van der Waals surface area contributed by atoms with E-state index in [-0.39, 0.29) is 11.8 Å². The van der Waals surface area contributed by atoms with Crippen LogP contribution in [0.1, 0.15) is 0 Å². The topological polar surface area (TPSA) is 124 Å². The zero-order chi connectivity index (χ0) is 13.7. The quantitative estimate of drug-likeness (QED) is 0.469. The molecule has 0 spiro atoms. The van der Waals surface area contributed by atoms with Gasteiger partial charge in [-0.15, -0.1) is 0 Å². The Morgan fingerprint density at radius 2 is 2.05 bits per heavy atom. The molecule has 0 unspecified atom stereocenters. The summed E-state index contributed by atoms with van der Waals surface area (Å²) < 4.78 is 1.82. The van der Waals surface area contributed by atoms with E-state index in [1.807, 2.05) is 22.8 Å². The third kappa shape index (κ3) is 1.41. The number of benzene rings is 1. The summed E-state index contributed by atoms with van der Waals surface area (Å²) >= 11 is 0. The summed E-state index contributed by atoms with van der Waals surface area (Å²) in [5.74, 6) is 0.400. The first-order chi connectivity index (χ1) is 9.72. The number of rotatable bonds is 1. The second kappa shape index (κ2) is 3.67. The van der Waals surface area contributed by atoms with Crippen LogP contribution in [0.2, 0.25) is 0 Å². The number of H-pyrrole nitrogens is 1. The molecule has 0 radical (unpaired) electrons. The maximum Gasteiger partial charge on any atom is 0.224 e. The number of hydrogen-bond acceptors (Lipinski definition) is 6. The van der Waals surface area contributed by atoms with Crippen molar-refractivity contribution in [2.24, 2.45) is 0 Å². The normalized spacial score (nSPS) is 11.4. The van der Waals surface area contributed by atoms with Crippen molar-refractivity contribution in [1.82, 2.24) is 29.7 Å². The Labute approximate surface area is 112 Å². The molecule has 20 heavy (non-hydrogen) atoms. The van der Waals surface area contributed by atoms with Gasteiger partial charge in [-0.05, 0) is 18.2 Å². The maximum absolute atomic E-state index is 5.80. The Bertz CT molecular complexity index is 935. The molecule has 0 fully saturated rings. The molecule has 0 saturated heterocycles. The number of anilines is 2. The second-order valence-corrected chi connectivity index (χ2v) is 4.40. The number of fused-ring (bicyclic) bond motifs is 2. The predicted octanol–water partition coefficient (Wildman–Crippen LogP) is 0.856. The Morgan fingerprint density at radius 3 is 2.95 bits per heavy atom. The summed E-state index contributed by atoms with van der Waals surface area (Å²) in [7, 11) is 0. The van der Waals surface area contributed by atoms with Gasteiger partial charge in [0.2, 0.25) is 5.95 Å². The Hall–Kier alpha value is -3.16. The number of aromatic amines is 1. The molecule has 0 aliphatic heterocycles. The van der Waals surface area contributed by atoms with Gasteiger partial charge in [0.05, 0.1) is 11.7 Å². The van der Waals surface area contributed by atoms with Crippen LogP contribution < -0.4 is 11.5 Å². The Morgan fingerprint density at radius 1 is 1.15 bits per heavy atom. The van der Waals surface area contributed by atoms with Gasteiger partial charge in [0.15, 0.2) is 17.0 Å². The molecule has 4 aromatic rings. The minimum absolute atomic E-state index is 0.126. The highest BCUT2D eigenvalue weighted by Gasteiger charge is 2.11. The third-order valence-corrected chi connectivity index (χ3v) is 3.14. The van der Waals surface area contributed by atoms with Crippen LogP contribution in [-0.2, 0) is 0 Å². The smallest absolute Gasteiger partial charge is 0.224 e. The van der Waals surface area contributed by atoms with E-state index in [0.717, 1.165) is 16.6 Å². The predicted molar refractivity (Wildman–Crippen MR) is 75.1 cm³/mol. The average molecular weight is 266 g/mol. The maximum atomic E-state index is 5.80. The van der Waals surface area contributed by atoms with Crippen LogP contribution in [0.15, 0.2) is 30.7 Å². The van der Waals surface area contributed by atoms with E-state index in [9.17, 15) is 0 Å². The average Bonchev–Trinajstić information content (AvgIpc) is 3.03. The van der Waals surface area contributed by atoms with Crippen LogP contribution in [-0.4, -0.2) is 29.7 Å². The largest absolute Gasteiger partial charge is 0.382 e. The number of hydrogen-bond donors (Lipinski definition) is 3. The number of nitrogens with zero attached hydrogens (tertiary/aromatic N) is 5. The van der Waals surface area contributed by atoms with Crippen molar-refractivity contribution in [1.29, 1.82) is 0 Å². The van der Waals surface area contributed by atoms with Gasteiger partial charge in [0, 0.05) is 11.1 Å². The van der Waals surface area contributed by atoms with Crippen molar-refractivity contribution >= 4 is 33.8 Å². The van der Waals surface area contributed by atoms with Crippen LogP contribution >= 0.6 is 0 Å². The lowest BCUT2D eigenvalue weighted by Crippen LogP contribution is -2.02. The summed E-state index contributed by atoms with van der Waals surface area (Å²) in [6.07, 6.45) is 3.41. The van der Waals surface area contributed by atoms with Crippen molar-refractivity contribution in [3.63, 3.8) is 0 Å². The SMILES string of the molecule is Nc1nc(N)c2ncn(-c3ccc4[nH]ncc4c3)c2n1. The van der Waals surface area contributed by atoms with Crippen LogP contribution in [0.4, 0.5) is 11.8 Å². The second-order valence-electron chi connectivity index (χ2n) is 4.40. The molecule has 1 aromatic carbocycles. The zero-order valence-electron chi connectivity index (χ0n) is 10.3. The van der Waals surface area contributed by atoms with Crippen molar-refractivity contribution in [2.75, 3.05) is 11.5 Å². The van der Waals surface area contributed by atoms with E-state index in [1.54, 1.807) is 12.5 Å². The van der Waals surface area contributed by atoms with Gasteiger partial charge < -0.3 is 11.5 Å². The van der Waals surface area contributed by atoms with E-state index >= 15 is 0 Å². The van der Waals surface area contributed by atoms with Gasteiger partial charge in [-0.25, -0.2) is 4.98 Å². The van der Waals surface area contributed by atoms with Crippen LogP contribution in [0, 0.1) is 0 Å². The zero-order valence-corrected chi connectivity index (χ0v) is 10.3. The molecule has 0 aliphatic carbocycles. The number of nitrogen functional groups attached to an aromatic ring is 2. The van der Waals surface area contributed by atoms with Crippen molar-refractivity contribution in [3.05, 3.63) is 30.7 Å². The fraction of sp³-hybridized carbons (Fsp3) is 0. The number of nitrogens with two attached hydrogens (primary N) is 2. The minimum atomic E-state index is 0.126. The molecule has 5 N–H and O–H groups in total. The fourth-order valence-electron chi connectivity index (χ4n) is 2.21. The Balaban J connectivity index is 2.01. The molecule has 0 atom stereocenters. The standard InChI is InChI=1S/C12H10N8/c13-10-9-11(18-12(14)17-10)20(5-15-9)7-1-2-8-6(3-7)4-16-19-8/h1-5H,(H,16,19)(H4,13,14,17,18). The lowest BCUT2D eigenvalue weighted by atomic mass is 10.2. The van der Waals surface area contributed by atoms with E-state index in [2.05, 4.69) is 25.1 Å². The van der Waals surface area contributed by atoms with E-state index in [0.29, 0.717) is 11.2 Å². The van der Waals surface area contributed by atoms with Gasteiger partial charge in [0.25, 0.3) is 0 Å². The molecule has 4 rings (SSSR count). The lowest BCUT2D eigenvalue weighted by molar-refractivity contribution is 1.07. The molecule has 3 aromatic heterocycles. The van der Waals surface area contributed by atoms with E-state index in [1.165, 1.54) is 0 Å². The molecule has 8 nitrogen and oxygen atoms in total. The monoisotopic (exact) mass is 266 g/mol. The third-order valence-electron chi connectivity index (χ3n) is 3.14. The van der Waals surface area contributed by atoms with Gasteiger partial charge in [-0.3, -0.25) is 9.67 Å². The molecule has 0 aliphatic rings. The first-order valence-electron chi connectivity index (χ1n) is 5.92. The molecule has 0 bridgehead atoms. The van der Waals surface area contributed by atoms with E-state index < -0.39 is 0 Å². The van der Waals surface area contributed by atoms with Gasteiger partial charge >= 0.3 is 0 Å². The molecule has 0 saturated carbocycles. The summed E-state index contributed by atoms with van der Waals surface area (Å²) in [6, 6.07) is 5.86. The minimum Gasteiger partial charge on any atom is -0.382 e. The fourth-order valence-corrected chi connectivity index (χ4v) is 2.21. The summed E-state index contributed by atoms with van der Waals surface area (Å²) in [5.41, 5.74) is 14.4. The number of aromatic nitrogens is 6. The van der Waals surface area contributed by atoms with Crippen LogP contribution in [0.3, 0.4) is 0 Å². The summed E-state index contributed by atoms with van der Waals surface area (Å²) in [6.45, 7) is 0. The molecule has 8 heteroatoms. The number of nitrogens with one attached hydrogen (secondary N) is 1. The highest BCUT2D eigenvalue weighted by atomic mass is 15.2. The van der Waals surface area contributed by atoms with Crippen molar-refractivity contribution in [3.8, 4) is 5.69 Å². The summed E-state index contributed by atoms with van der Waals surface area (Å²) in [4.78, 5) is 12.3. The molecule has 3 heterocycles. The van der Waals surface area contributed by atoms with E-state index in [4.69, 9.17) is 11.5 Å². The van der Waals surface area contributed by atoms with Gasteiger partial charge in [0.1, 0.15) is 6.33 Å². The van der Waals surface area contributed by atoms with Crippen molar-refractivity contribution < 1.29 is 0 Å². The highest BCUT2D eigenvalue weighted by molar-refractivity contribution is 5.85. The van der Waals surface area contributed by atoms with Crippen LogP contribution in [0.5, 0.6) is 0 Å². The Kier molecular flexibility index (Phi) is 1.97. The van der Waals surface area contributed by atoms with Crippen LogP contribution in [0.25, 0.3) is 27.8 Å². The van der Waals surface area contributed by atoms with Gasteiger partial charge in [-0.2, -0.15) is 15.1 Å². The molecule has 0 amide bonds. The highest BCUT2D eigenvalue weighted by Crippen LogP contribution is 2.22. The van der Waals surface area contributed by atoms with Gasteiger partial charge in [-0.1, -0.05) is 0 Å². The molecule has 98 valence electrons.